The van der Waals surface area contributed by atoms with Crippen LogP contribution in [0.2, 0.25) is 0 Å². The minimum absolute atomic E-state index is 0.0189. The van der Waals surface area contributed by atoms with Crippen LogP contribution in [0.5, 0.6) is 0 Å². The lowest BCUT2D eigenvalue weighted by Crippen LogP contribution is -2.49. The first-order chi connectivity index (χ1) is 9.93. The van der Waals surface area contributed by atoms with Gasteiger partial charge in [0, 0.05) is 43.2 Å². The number of ether oxygens (including phenoxy) is 1. The zero-order valence-electron chi connectivity index (χ0n) is 13.8. The van der Waals surface area contributed by atoms with E-state index in [0.29, 0.717) is 18.9 Å². The second-order valence-electron chi connectivity index (χ2n) is 6.23. The Labute approximate surface area is 133 Å². The van der Waals surface area contributed by atoms with Gasteiger partial charge < -0.3 is 15.4 Å². The number of hydrogen-bond acceptors (Lipinski definition) is 4. The summed E-state index contributed by atoms with van der Waals surface area (Å²) in [5.74, 6) is 1.59. The van der Waals surface area contributed by atoms with E-state index in [-0.39, 0.29) is 16.7 Å². The van der Waals surface area contributed by atoms with Gasteiger partial charge in [-0.3, -0.25) is 4.79 Å². The highest BCUT2D eigenvalue weighted by Crippen LogP contribution is 2.33. The molecule has 122 valence electrons. The minimum Gasteiger partial charge on any atom is -0.384 e. The first-order valence-electron chi connectivity index (χ1n) is 7.71. The zero-order chi connectivity index (χ0) is 15.9. The van der Waals surface area contributed by atoms with E-state index in [4.69, 9.17) is 10.5 Å². The first kappa shape index (κ1) is 18.5. The minimum atomic E-state index is -0.0189. The standard InChI is InChI=1S/C16H30N2O2S/c1-13(2)14(18-8-6-5-7-15(18)19)11-16(3,12-17)21-10-9-20-4/h5-6,13-14H,7-12,17H2,1-4H3. The summed E-state index contributed by atoms with van der Waals surface area (Å²) in [6, 6.07) is 0.242. The van der Waals surface area contributed by atoms with Crippen LogP contribution in [0.15, 0.2) is 12.2 Å². The molecule has 1 aliphatic heterocycles. The maximum Gasteiger partial charge on any atom is 0.226 e. The molecule has 0 aromatic rings. The van der Waals surface area contributed by atoms with Crippen molar-refractivity contribution in [1.82, 2.24) is 4.90 Å². The molecule has 21 heavy (non-hydrogen) atoms. The maximum absolute atomic E-state index is 12.2. The van der Waals surface area contributed by atoms with Gasteiger partial charge in [0.25, 0.3) is 0 Å². The SMILES string of the molecule is COCCSC(C)(CN)CC(C(C)C)N1CC=CCC1=O. The van der Waals surface area contributed by atoms with Gasteiger partial charge in [0.15, 0.2) is 0 Å². The molecule has 1 rings (SSSR count). The summed E-state index contributed by atoms with van der Waals surface area (Å²) in [5.41, 5.74) is 6.02. The molecule has 0 aliphatic carbocycles. The summed E-state index contributed by atoms with van der Waals surface area (Å²) in [4.78, 5) is 14.2. The number of nitrogens with zero attached hydrogens (tertiary/aromatic N) is 1. The first-order valence-corrected chi connectivity index (χ1v) is 8.69. The van der Waals surface area contributed by atoms with E-state index < -0.39 is 0 Å². The van der Waals surface area contributed by atoms with E-state index in [0.717, 1.165) is 25.3 Å². The van der Waals surface area contributed by atoms with Crippen molar-refractivity contribution in [3.8, 4) is 0 Å². The molecule has 2 N–H and O–H groups in total. The molecule has 0 saturated heterocycles. The number of amides is 1. The number of nitrogens with two attached hydrogens (primary N) is 1. The highest BCUT2D eigenvalue weighted by Gasteiger charge is 2.34. The molecule has 0 fully saturated rings. The normalized spacial score (nSPS) is 19.9. The number of carbonyl (C=O) groups is 1. The van der Waals surface area contributed by atoms with Crippen LogP contribution in [0.4, 0.5) is 0 Å². The number of rotatable bonds is 9. The van der Waals surface area contributed by atoms with Crippen molar-refractivity contribution in [2.24, 2.45) is 11.7 Å². The molecule has 0 radical (unpaired) electrons. The number of hydrogen-bond donors (Lipinski definition) is 1. The van der Waals surface area contributed by atoms with Gasteiger partial charge in [-0.15, -0.1) is 0 Å². The van der Waals surface area contributed by atoms with E-state index in [1.807, 2.05) is 22.7 Å². The van der Waals surface area contributed by atoms with Crippen molar-refractivity contribution in [2.75, 3.05) is 32.6 Å². The predicted molar refractivity (Wildman–Crippen MR) is 90.5 cm³/mol. The van der Waals surface area contributed by atoms with Gasteiger partial charge in [0.1, 0.15) is 0 Å². The Bertz CT molecular complexity index is 360. The Morgan fingerprint density at radius 3 is 2.71 bits per heavy atom. The average Bonchev–Trinajstić information content (AvgIpc) is 2.46. The van der Waals surface area contributed by atoms with E-state index in [1.54, 1.807) is 7.11 Å². The fourth-order valence-electron chi connectivity index (χ4n) is 2.63. The molecular weight excluding hydrogens is 284 g/mol. The van der Waals surface area contributed by atoms with Gasteiger partial charge in [-0.1, -0.05) is 26.0 Å². The highest BCUT2D eigenvalue weighted by molar-refractivity contribution is 8.00. The molecule has 0 saturated carbocycles. The molecule has 0 spiro atoms. The summed E-state index contributed by atoms with van der Waals surface area (Å²) in [6.45, 7) is 8.65. The lowest BCUT2D eigenvalue weighted by Gasteiger charge is -2.40. The van der Waals surface area contributed by atoms with Crippen molar-refractivity contribution in [3.63, 3.8) is 0 Å². The topological polar surface area (TPSA) is 55.6 Å². The van der Waals surface area contributed by atoms with Crippen LogP contribution in [0.1, 0.15) is 33.6 Å². The van der Waals surface area contributed by atoms with Crippen LogP contribution in [0, 0.1) is 5.92 Å². The summed E-state index contributed by atoms with van der Waals surface area (Å²) >= 11 is 1.85. The molecule has 0 aromatic heterocycles. The van der Waals surface area contributed by atoms with Crippen LogP contribution in [0.25, 0.3) is 0 Å². The fraction of sp³-hybridized carbons (Fsp3) is 0.812. The Hall–Kier alpha value is -0.520. The molecule has 1 heterocycles. The lowest BCUT2D eigenvalue weighted by molar-refractivity contribution is -0.133. The third-order valence-electron chi connectivity index (χ3n) is 4.06. The molecule has 1 aliphatic rings. The fourth-order valence-corrected chi connectivity index (χ4v) is 3.78. The van der Waals surface area contributed by atoms with Crippen LogP contribution in [0.3, 0.4) is 0 Å². The largest absolute Gasteiger partial charge is 0.384 e. The van der Waals surface area contributed by atoms with Crippen LogP contribution in [-0.4, -0.2) is 54.2 Å². The monoisotopic (exact) mass is 314 g/mol. The molecule has 0 aromatic carbocycles. The lowest BCUT2D eigenvalue weighted by atomic mass is 9.90. The van der Waals surface area contributed by atoms with Gasteiger partial charge in [-0.2, -0.15) is 11.8 Å². The van der Waals surface area contributed by atoms with Crippen molar-refractivity contribution >= 4 is 17.7 Å². The third-order valence-corrected chi connectivity index (χ3v) is 5.46. The molecule has 2 atom stereocenters. The van der Waals surface area contributed by atoms with E-state index in [1.165, 1.54) is 0 Å². The second-order valence-corrected chi connectivity index (χ2v) is 7.91. The van der Waals surface area contributed by atoms with Gasteiger partial charge in [0.05, 0.1) is 6.61 Å². The smallest absolute Gasteiger partial charge is 0.226 e. The van der Waals surface area contributed by atoms with Crippen LogP contribution >= 0.6 is 11.8 Å². The quantitative estimate of drug-likeness (QED) is 0.524. The molecule has 4 nitrogen and oxygen atoms in total. The van der Waals surface area contributed by atoms with Crippen molar-refractivity contribution in [3.05, 3.63) is 12.2 Å². The van der Waals surface area contributed by atoms with Gasteiger partial charge in [-0.25, -0.2) is 0 Å². The van der Waals surface area contributed by atoms with Gasteiger partial charge in [-0.05, 0) is 19.3 Å². The van der Waals surface area contributed by atoms with Crippen LogP contribution < -0.4 is 5.73 Å². The molecule has 1 amide bonds. The Balaban J connectivity index is 2.75. The maximum atomic E-state index is 12.2. The summed E-state index contributed by atoms with van der Waals surface area (Å²) in [7, 11) is 1.72. The van der Waals surface area contributed by atoms with Crippen molar-refractivity contribution in [2.45, 2.75) is 44.4 Å². The van der Waals surface area contributed by atoms with Gasteiger partial charge in [0.2, 0.25) is 5.91 Å². The molecule has 5 heteroatoms. The number of methoxy groups -OCH3 is 1. The average molecular weight is 314 g/mol. The van der Waals surface area contributed by atoms with E-state index in [2.05, 4.69) is 26.8 Å². The Kier molecular flexibility index (Phi) is 7.77. The van der Waals surface area contributed by atoms with Gasteiger partial charge >= 0.3 is 0 Å². The number of carbonyl (C=O) groups excluding carboxylic acids is 1. The molecule has 2 unspecified atom stereocenters. The van der Waals surface area contributed by atoms with Crippen LogP contribution in [-0.2, 0) is 9.53 Å². The van der Waals surface area contributed by atoms with E-state index in [9.17, 15) is 4.79 Å². The zero-order valence-corrected chi connectivity index (χ0v) is 14.6. The number of thioether (sulfide) groups is 1. The molecule has 0 bridgehead atoms. The van der Waals surface area contributed by atoms with Crippen molar-refractivity contribution < 1.29 is 9.53 Å². The summed E-state index contributed by atoms with van der Waals surface area (Å²) in [6.07, 6.45) is 5.51. The predicted octanol–water partition coefficient (Wildman–Crippen LogP) is 2.29. The molecular formula is C16H30N2O2S. The summed E-state index contributed by atoms with van der Waals surface area (Å²) in [5, 5.41) is 0. The summed E-state index contributed by atoms with van der Waals surface area (Å²) < 4.78 is 5.11. The highest BCUT2D eigenvalue weighted by atomic mass is 32.2. The third kappa shape index (κ3) is 5.64. The Morgan fingerprint density at radius 1 is 1.48 bits per heavy atom. The Morgan fingerprint density at radius 2 is 2.19 bits per heavy atom. The van der Waals surface area contributed by atoms with E-state index >= 15 is 0 Å². The second kappa shape index (κ2) is 8.81. The van der Waals surface area contributed by atoms with Crippen molar-refractivity contribution in [1.29, 1.82) is 0 Å².